The minimum absolute atomic E-state index is 0.134. The molecule has 6 heteroatoms. The zero-order valence-electron chi connectivity index (χ0n) is 17.2. The number of carbonyl (C=O) groups is 1. The van der Waals surface area contributed by atoms with Crippen LogP contribution in [0, 0.1) is 0 Å². The Labute approximate surface area is 186 Å². The number of carboxylic acid groups (broad SMARTS) is 1. The molecule has 158 valence electrons. The fourth-order valence-corrected chi connectivity index (χ4v) is 4.95. The summed E-state index contributed by atoms with van der Waals surface area (Å²) >= 11 is 6.07. The highest BCUT2D eigenvalue weighted by Crippen LogP contribution is 2.33. The number of aromatic carboxylic acids is 1. The molecule has 0 aliphatic carbocycles. The summed E-state index contributed by atoms with van der Waals surface area (Å²) in [5, 5.41) is 9.97. The molecule has 1 atom stereocenters. The number of piperazine rings is 1. The molecular formula is C25H24ClN3O2. The van der Waals surface area contributed by atoms with E-state index in [-0.39, 0.29) is 5.69 Å². The van der Waals surface area contributed by atoms with E-state index in [4.69, 9.17) is 11.6 Å². The molecule has 0 bridgehead atoms. The third kappa shape index (κ3) is 4.03. The van der Waals surface area contributed by atoms with Gasteiger partial charge < -0.3 is 10.0 Å². The molecule has 5 rings (SSSR count). The van der Waals surface area contributed by atoms with Crippen molar-refractivity contribution in [2.24, 2.45) is 0 Å². The van der Waals surface area contributed by atoms with E-state index >= 15 is 0 Å². The van der Waals surface area contributed by atoms with E-state index in [1.165, 1.54) is 16.7 Å². The highest BCUT2D eigenvalue weighted by Gasteiger charge is 2.32. The molecule has 1 saturated heterocycles. The van der Waals surface area contributed by atoms with Crippen LogP contribution in [-0.2, 0) is 13.0 Å². The molecule has 5 nitrogen and oxygen atoms in total. The number of rotatable bonds is 4. The summed E-state index contributed by atoms with van der Waals surface area (Å²) in [6.07, 6.45) is 3.68. The summed E-state index contributed by atoms with van der Waals surface area (Å²) in [5.74, 6) is -0.964. The third-order valence-electron chi connectivity index (χ3n) is 6.37. The Morgan fingerprint density at radius 3 is 2.74 bits per heavy atom. The molecule has 2 aliphatic heterocycles. The second kappa shape index (κ2) is 8.33. The third-order valence-corrected chi connectivity index (χ3v) is 6.63. The minimum atomic E-state index is -0.964. The second-order valence-corrected chi connectivity index (χ2v) is 8.72. The van der Waals surface area contributed by atoms with Crippen LogP contribution in [0.1, 0.15) is 28.0 Å². The highest BCUT2D eigenvalue weighted by molar-refractivity contribution is 6.30. The van der Waals surface area contributed by atoms with Crippen molar-refractivity contribution in [3.05, 3.63) is 82.6 Å². The number of carboxylic acids is 1. The molecule has 0 saturated carbocycles. The molecular weight excluding hydrogens is 410 g/mol. The molecule has 0 amide bonds. The van der Waals surface area contributed by atoms with Gasteiger partial charge in [-0.05, 0) is 53.3 Å². The monoisotopic (exact) mass is 433 g/mol. The molecule has 3 aromatic rings. The SMILES string of the molecule is O=C(O)c1cc2c(cn1)N1CCN(Cc3ccccc3-c3ccc(Cl)cc3)CC1CC2. The van der Waals surface area contributed by atoms with Crippen molar-refractivity contribution in [1.29, 1.82) is 0 Å². The lowest BCUT2D eigenvalue weighted by Gasteiger charge is -2.46. The van der Waals surface area contributed by atoms with Crippen molar-refractivity contribution >= 4 is 23.3 Å². The predicted octanol–water partition coefficient (Wildman–Crippen LogP) is 4.74. The van der Waals surface area contributed by atoms with Crippen LogP contribution < -0.4 is 4.90 Å². The zero-order chi connectivity index (χ0) is 21.4. The Bertz CT molecular complexity index is 1120. The number of anilines is 1. The van der Waals surface area contributed by atoms with Crippen LogP contribution in [0.2, 0.25) is 5.02 Å². The first-order valence-electron chi connectivity index (χ1n) is 10.6. The van der Waals surface area contributed by atoms with Gasteiger partial charge in [0.05, 0.1) is 11.9 Å². The topological polar surface area (TPSA) is 56.7 Å². The lowest BCUT2D eigenvalue weighted by molar-refractivity contribution is 0.0690. The maximum Gasteiger partial charge on any atom is 0.354 e. The average Bonchev–Trinajstić information content (AvgIpc) is 2.79. The molecule has 1 aromatic heterocycles. The van der Waals surface area contributed by atoms with Crippen molar-refractivity contribution in [3.8, 4) is 11.1 Å². The molecule has 1 N–H and O–H groups in total. The number of nitrogens with zero attached hydrogens (tertiary/aromatic N) is 3. The number of aromatic nitrogens is 1. The smallest absolute Gasteiger partial charge is 0.354 e. The van der Waals surface area contributed by atoms with E-state index < -0.39 is 5.97 Å². The first-order valence-corrected chi connectivity index (χ1v) is 11.0. The van der Waals surface area contributed by atoms with Crippen molar-refractivity contribution in [1.82, 2.24) is 9.88 Å². The summed E-state index contributed by atoms with van der Waals surface area (Å²) in [6.45, 7) is 3.79. The standard InChI is InChI=1S/C25H24ClN3O2/c26-20-8-5-17(6-9-20)22-4-2-1-3-19(22)15-28-11-12-29-21(16-28)10-7-18-13-23(25(30)31)27-14-24(18)29/h1-6,8-9,13-14,21H,7,10-12,15-16H2,(H,30,31). The van der Waals surface area contributed by atoms with Crippen LogP contribution in [-0.4, -0.2) is 46.6 Å². The van der Waals surface area contributed by atoms with Crippen molar-refractivity contribution in [2.75, 3.05) is 24.5 Å². The highest BCUT2D eigenvalue weighted by atomic mass is 35.5. The first kappa shape index (κ1) is 20.0. The molecule has 1 fully saturated rings. The van der Waals surface area contributed by atoms with Gasteiger partial charge in [0, 0.05) is 37.2 Å². The summed E-state index contributed by atoms with van der Waals surface area (Å²) in [4.78, 5) is 20.3. The van der Waals surface area contributed by atoms with Gasteiger partial charge in [-0.1, -0.05) is 48.0 Å². The molecule has 2 aromatic carbocycles. The van der Waals surface area contributed by atoms with Crippen LogP contribution in [0.15, 0.2) is 60.8 Å². The van der Waals surface area contributed by atoms with Gasteiger partial charge >= 0.3 is 5.97 Å². The van der Waals surface area contributed by atoms with Gasteiger partial charge in [-0.3, -0.25) is 4.90 Å². The summed E-state index contributed by atoms with van der Waals surface area (Å²) in [5.41, 5.74) is 6.09. The van der Waals surface area contributed by atoms with E-state index in [0.717, 1.165) is 55.3 Å². The number of pyridine rings is 1. The van der Waals surface area contributed by atoms with E-state index in [1.54, 1.807) is 12.3 Å². The van der Waals surface area contributed by atoms with Crippen molar-refractivity contribution < 1.29 is 9.90 Å². The van der Waals surface area contributed by atoms with E-state index in [0.29, 0.717) is 6.04 Å². The van der Waals surface area contributed by atoms with E-state index in [2.05, 4.69) is 51.2 Å². The largest absolute Gasteiger partial charge is 0.477 e. The number of fused-ring (bicyclic) bond motifs is 3. The fraction of sp³-hybridized carbons (Fsp3) is 0.280. The van der Waals surface area contributed by atoms with Gasteiger partial charge in [0.15, 0.2) is 0 Å². The number of hydrogen-bond donors (Lipinski definition) is 1. The number of aryl methyl sites for hydroxylation is 1. The van der Waals surface area contributed by atoms with Crippen LogP contribution >= 0.6 is 11.6 Å². The van der Waals surface area contributed by atoms with E-state index in [9.17, 15) is 9.90 Å². The summed E-state index contributed by atoms with van der Waals surface area (Å²) in [7, 11) is 0. The van der Waals surface area contributed by atoms with Gasteiger partial charge in [0.2, 0.25) is 0 Å². The maximum atomic E-state index is 11.2. The van der Waals surface area contributed by atoms with Gasteiger partial charge in [0.25, 0.3) is 0 Å². The minimum Gasteiger partial charge on any atom is -0.477 e. The van der Waals surface area contributed by atoms with Crippen LogP contribution in [0.5, 0.6) is 0 Å². The average molecular weight is 434 g/mol. The molecule has 0 spiro atoms. The Morgan fingerprint density at radius 2 is 1.94 bits per heavy atom. The molecule has 2 aliphatic rings. The number of hydrogen-bond acceptors (Lipinski definition) is 4. The predicted molar refractivity (Wildman–Crippen MR) is 123 cm³/mol. The second-order valence-electron chi connectivity index (χ2n) is 8.29. The Balaban J connectivity index is 1.33. The molecule has 1 unspecified atom stereocenters. The summed E-state index contributed by atoms with van der Waals surface area (Å²) < 4.78 is 0. The zero-order valence-corrected chi connectivity index (χ0v) is 17.9. The molecule has 0 radical (unpaired) electrons. The van der Waals surface area contributed by atoms with E-state index in [1.807, 2.05) is 12.1 Å². The van der Waals surface area contributed by atoms with Crippen LogP contribution in [0.4, 0.5) is 5.69 Å². The van der Waals surface area contributed by atoms with Crippen LogP contribution in [0.25, 0.3) is 11.1 Å². The van der Waals surface area contributed by atoms with Crippen LogP contribution in [0.3, 0.4) is 0 Å². The number of benzene rings is 2. The quantitative estimate of drug-likeness (QED) is 0.644. The first-order chi connectivity index (χ1) is 15.1. The molecule has 3 heterocycles. The van der Waals surface area contributed by atoms with Gasteiger partial charge in [-0.25, -0.2) is 9.78 Å². The Hall–Kier alpha value is -2.89. The maximum absolute atomic E-state index is 11.2. The van der Waals surface area contributed by atoms with Crippen molar-refractivity contribution in [3.63, 3.8) is 0 Å². The van der Waals surface area contributed by atoms with Gasteiger partial charge in [0.1, 0.15) is 5.69 Å². The van der Waals surface area contributed by atoms with Crippen molar-refractivity contribution in [2.45, 2.75) is 25.4 Å². The molecule has 31 heavy (non-hydrogen) atoms. The van der Waals surface area contributed by atoms with Gasteiger partial charge in [-0.15, -0.1) is 0 Å². The fourth-order valence-electron chi connectivity index (χ4n) is 4.83. The lowest BCUT2D eigenvalue weighted by Crippen LogP contribution is -2.54. The normalized spacial score (nSPS) is 18.4. The van der Waals surface area contributed by atoms with Gasteiger partial charge in [-0.2, -0.15) is 0 Å². The lowest BCUT2D eigenvalue weighted by atomic mass is 9.93. The number of halogens is 1. The Kier molecular flexibility index (Phi) is 5.38. The summed E-state index contributed by atoms with van der Waals surface area (Å²) in [6, 6.07) is 18.8. The Morgan fingerprint density at radius 1 is 1.13 bits per heavy atom.